The molecule has 0 heterocycles. The second-order valence-electron chi connectivity index (χ2n) is 8.26. The maximum absolute atomic E-state index is 12.4. The van der Waals surface area contributed by atoms with Gasteiger partial charge in [-0.15, -0.1) is 0 Å². The molecule has 1 aromatic rings. The summed E-state index contributed by atoms with van der Waals surface area (Å²) in [5, 5.41) is 10.3. The van der Waals surface area contributed by atoms with Crippen LogP contribution in [0.3, 0.4) is 0 Å². The van der Waals surface area contributed by atoms with Crippen LogP contribution in [0.25, 0.3) is 0 Å². The van der Waals surface area contributed by atoms with E-state index in [1.807, 2.05) is 6.07 Å². The number of hydrogen-bond acceptors (Lipinski definition) is 2. The Kier molecular flexibility index (Phi) is 3.55. The number of phenols is 1. The molecule has 2 fully saturated rings. The third kappa shape index (κ3) is 2.17. The van der Waals surface area contributed by atoms with Gasteiger partial charge in [-0.1, -0.05) is 26.3 Å². The molecule has 3 unspecified atom stereocenters. The van der Waals surface area contributed by atoms with Gasteiger partial charge < -0.3 is 5.11 Å². The number of ketones is 1. The lowest BCUT2D eigenvalue weighted by atomic mass is 9.55. The summed E-state index contributed by atoms with van der Waals surface area (Å²) in [7, 11) is 0. The summed E-state index contributed by atoms with van der Waals surface area (Å²) in [4.78, 5) is 12.4. The Balaban J connectivity index is 1.71. The molecular weight excluding hydrogens is 284 g/mol. The number of aryl methyl sites for hydroxylation is 2. The van der Waals surface area contributed by atoms with Crippen LogP contribution in [0.15, 0.2) is 12.1 Å². The van der Waals surface area contributed by atoms with E-state index < -0.39 is 0 Å². The van der Waals surface area contributed by atoms with Crippen LogP contribution < -0.4 is 0 Å². The van der Waals surface area contributed by atoms with Gasteiger partial charge in [0.25, 0.3) is 0 Å². The molecule has 0 saturated heterocycles. The largest absolute Gasteiger partial charge is 0.508 e. The van der Waals surface area contributed by atoms with Gasteiger partial charge in [-0.3, -0.25) is 4.79 Å². The van der Waals surface area contributed by atoms with Crippen molar-refractivity contribution in [3.8, 4) is 5.75 Å². The van der Waals surface area contributed by atoms with Gasteiger partial charge in [0.05, 0.1) is 0 Å². The van der Waals surface area contributed by atoms with Gasteiger partial charge in [0.2, 0.25) is 0 Å². The number of benzene rings is 1. The zero-order valence-corrected chi connectivity index (χ0v) is 14.4. The Hall–Kier alpha value is -1.31. The van der Waals surface area contributed by atoms with E-state index in [1.54, 1.807) is 0 Å². The molecule has 0 radical (unpaired) electrons. The van der Waals surface area contributed by atoms with Crippen molar-refractivity contribution >= 4 is 5.78 Å². The Morgan fingerprint density at radius 2 is 2.04 bits per heavy atom. The Labute approximate surface area is 139 Å². The van der Waals surface area contributed by atoms with Crippen molar-refractivity contribution < 1.29 is 9.90 Å². The van der Waals surface area contributed by atoms with Crippen molar-refractivity contribution in [2.75, 3.05) is 0 Å². The van der Waals surface area contributed by atoms with E-state index in [9.17, 15) is 9.90 Å². The van der Waals surface area contributed by atoms with E-state index >= 15 is 0 Å². The molecule has 2 heteroatoms. The predicted molar refractivity (Wildman–Crippen MR) is 91.7 cm³/mol. The molecule has 0 aromatic heterocycles. The lowest BCUT2D eigenvalue weighted by Crippen LogP contribution is -2.42. The number of Topliss-reactive ketones (excluding diaryl/α,β-unsaturated/α-hetero) is 1. The number of rotatable bonds is 2. The van der Waals surface area contributed by atoms with Gasteiger partial charge in [0.15, 0.2) is 0 Å². The molecule has 23 heavy (non-hydrogen) atoms. The number of carbonyl (C=O) groups is 1. The van der Waals surface area contributed by atoms with Crippen molar-refractivity contribution in [2.45, 2.75) is 71.1 Å². The van der Waals surface area contributed by atoms with E-state index in [-0.39, 0.29) is 5.41 Å². The summed E-state index contributed by atoms with van der Waals surface area (Å²) >= 11 is 0. The van der Waals surface area contributed by atoms with E-state index in [1.165, 1.54) is 17.5 Å². The topological polar surface area (TPSA) is 37.3 Å². The molecule has 0 aliphatic heterocycles. The van der Waals surface area contributed by atoms with E-state index in [0.29, 0.717) is 29.3 Å². The molecule has 2 saturated carbocycles. The first kappa shape index (κ1) is 15.2. The van der Waals surface area contributed by atoms with Crippen LogP contribution in [0.5, 0.6) is 5.75 Å². The second kappa shape index (κ2) is 5.36. The molecule has 0 bridgehead atoms. The minimum atomic E-state index is -0.0398. The fourth-order valence-electron chi connectivity index (χ4n) is 5.90. The van der Waals surface area contributed by atoms with Gasteiger partial charge in [-0.25, -0.2) is 0 Å². The van der Waals surface area contributed by atoms with Crippen molar-refractivity contribution in [3.05, 3.63) is 28.8 Å². The van der Waals surface area contributed by atoms with Crippen LogP contribution in [-0.4, -0.2) is 10.9 Å². The highest BCUT2D eigenvalue weighted by atomic mass is 16.3. The highest BCUT2D eigenvalue weighted by molar-refractivity contribution is 5.87. The molecular formula is C21H28O2. The summed E-state index contributed by atoms with van der Waals surface area (Å²) in [6.07, 6.45) is 8.38. The van der Waals surface area contributed by atoms with Gasteiger partial charge in [-0.2, -0.15) is 0 Å². The standard InChI is InChI=1S/C21H28O2/c1-3-4-14-11-17-13(12-19(14)22)5-6-16-15(17)9-10-21(2)18(16)7-8-20(21)23/h11-12,15-16,18,22H,3-10H2,1-2H3/t15?,16?,18?,21-/m0/s1. The average molecular weight is 312 g/mol. The summed E-state index contributed by atoms with van der Waals surface area (Å²) in [6, 6.07) is 4.33. The predicted octanol–water partition coefficient (Wildman–Crippen LogP) is 4.77. The lowest BCUT2D eigenvalue weighted by Gasteiger charge is -2.48. The summed E-state index contributed by atoms with van der Waals surface area (Å²) < 4.78 is 0. The third-order valence-corrected chi connectivity index (χ3v) is 7.15. The highest BCUT2D eigenvalue weighted by Crippen LogP contribution is 2.59. The van der Waals surface area contributed by atoms with E-state index in [4.69, 9.17) is 0 Å². The van der Waals surface area contributed by atoms with Crippen LogP contribution in [-0.2, 0) is 17.6 Å². The normalized spacial score (nSPS) is 35.6. The molecule has 3 aliphatic rings. The number of phenolic OH excluding ortho intramolecular Hbond substituents is 1. The molecule has 3 aliphatic carbocycles. The van der Waals surface area contributed by atoms with Crippen LogP contribution in [0.4, 0.5) is 0 Å². The molecule has 1 aromatic carbocycles. The van der Waals surface area contributed by atoms with Crippen LogP contribution in [0, 0.1) is 17.3 Å². The number of fused-ring (bicyclic) bond motifs is 5. The van der Waals surface area contributed by atoms with Crippen LogP contribution in [0.2, 0.25) is 0 Å². The molecule has 4 atom stereocenters. The van der Waals surface area contributed by atoms with Crippen LogP contribution >= 0.6 is 0 Å². The molecule has 0 spiro atoms. The van der Waals surface area contributed by atoms with Crippen molar-refractivity contribution in [1.82, 2.24) is 0 Å². The monoisotopic (exact) mass is 312 g/mol. The quantitative estimate of drug-likeness (QED) is 0.854. The van der Waals surface area contributed by atoms with Crippen molar-refractivity contribution in [3.63, 3.8) is 0 Å². The molecule has 1 N–H and O–H groups in total. The zero-order chi connectivity index (χ0) is 16.2. The molecule has 2 nitrogen and oxygen atoms in total. The Bertz CT molecular complexity index is 647. The zero-order valence-electron chi connectivity index (χ0n) is 14.4. The average Bonchev–Trinajstić information content (AvgIpc) is 2.84. The first-order valence-corrected chi connectivity index (χ1v) is 9.42. The number of hydrogen-bond donors (Lipinski definition) is 1. The van der Waals surface area contributed by atoms with E-state index in [0.717, 1.165) is 50.5 Å². The molecule has 0 amide bonds. The minimum Gasteiger partial charge on any atom is -0.508 e. The Morgan fingerprint density at radius 3 is 2.83 bits per heavy atom. The van der Waals surface area contributed by atoms with Gasteiger partial charge in [0, 0.05) is 11.8 Å². The van der Waals surface area contributed by atoms with Gasteiger partial charge in [0.1, 0.15) is 11.5 Å². The SMILES string of the molecule is CCCc1cc2c(cc1O)CCC1C2CC[C@]2(C)C(=O)CCC12. The first-order chi connectivity index (χ1) is 11.0. The smallest absolute Gasteiger partial charge is 0.139 e. The maximum Gasteiger partial charge on any atom is 0.139 e. The summed E-state index contributed by atoms with van der Waals surface area (Å²) in [5.74, 6) is 2.88. The lowest BCUT2D eigenvalue weighted by molar-refractivity contribution is -0.129. The van der Waals surface area contributed by atoms with E-state index in [2.05, 4.69) is 19.9 Å². The number of carbonyl (C=O) groups excluding carboxylic acids is 1. The van der Waals surface area contributed by atoms with Crippen LogP contribution in [0.1, 0.15) is 75.0 Å². The first-order valence-electron chi connectivity index (χ1n) is 9.42. The summed E-state index contributed by atoms with van der Waals surface area (Å²) in [6.45, 7) is 4.40. The highest BCUT2D eigenvalue weighted by Gasteiger charge is 2.54. The molecule has 4 rings (SSSR count). The molecule has 124 valence electrons. The third-order valence-electron chi connectivity index (χ3n) is 7.15. The van der Waals surface area contributed by atoms with Gasteiger partial charge in [-0.05, 0) is 79.0 Å². The Morgan fingerprint density at radius 1 is 1.22 bits per heavy atom. The van der Waals surface area contributed by atoms with Crippen molar-refractivity contribution in [1.29, 1.82) is 0 Å². The fraction of sp³-hybridized carbons (Fsp3) is 0.667. The minimum absolute atomic E-state index is 0.0398. The second-order valence-corrected chi connectivity index (χ2v) is 8.26. The van der Waals surface area contributed by atoms with Gasteiger partial charge >= 0.3 is 0 Å². The van der Waals surface area contributed by atoms with Crippen molar-refractivity contribution in [2.24, 2.45) is 17.3 Å². The number of aromatic hydroxyl groups is 1. The fourth-order valence-corrected chi connectivity index (χ4v) is 5.90. The maximum atomic E-state index is 12.4. The summed E-state index contributed by atoms with van der Waals surface area (Å²) in [5.41, 5.74) is 3.92.